The molecule has 1 fully saturated rings. The summed E-state index contributed by atoms with van der Waals surface area (Å²) in [5.74, 6) is 0.161. The summed E-state index contributed by atoms with van der Waals surface area (Å²) in [5, 5.41) is 10.7. The number of ether oxygens (including phenoxy) is 2. The van der Waals surface area contributed by atoms with E-state index in [1.807, 2.05) is 0 Å². The van der Waals surface area contributed by atoms with Crippen LogP contribution in [-0.2, 0) is 14.8 Å². The van der Waals surface area contributed by atoms with E-state index in [1.54, 1.807) is 0 Å². The molecule has 0 spiro atoms. The summed E-state index contributed by atoms with van der Waals surface area (Å²) in [4.78, 5) is -0.00920. The van der Waals surface area contributed by atoms with Crippen molar-refractivity contribution in [1.82, 2.24) is 4.72 Å². The molecule has 1 aromatic rings. The van der Waals surface area contributed by atoms with Crippen LogP contribution in [0.3, 0.4) is 0 Å². The summed E-state index contributed by atoms with van der Waals surface area (Å²) in [5.41, 5.74) is -1.08. The lowest BCUT2D eigenvalue weighted by molar-refractivity contribution is -0.0588. The molecule has 1 aliphatic heterocycles. The van der Waals surface area contributed by atoms with E-state index >= 15 is 0 Å². The Morgan fingerprint density at radius 3 is 2.71 bits per heavy atom. The van der Waals surface area contributed by atoms with Crippen molar-refractivity contribution in [3.8, 4) is 5.75 Å². The van der Waals surface area contributed by atoms with E-state index in [9.17, 15) is 13.5 Å². The SMILES string of the molecule is COc1cc(Cl)ccc1S(=O)(=O)NCC1(O)CCOCC1. The molecule has 118 valence electrons. The quantitative estimate of drug-likeness (QED) is 0.843. The van der Waals surface area contributed by atoms with Gasteiger partial charge in [-0.1, -0.05) is 11.6 Å². The van der Waals surface area contributed by atoms with Crippen molar-refractivity contribution in [1.29, 1.82) is 0 Å². The van der Waals surface area contributed by atoms with Crippen LogP contribution in [-0.4, -0.2) is 46.0 Å². The highest BCUT2D eigenvalue weighted by Crippen LogP contribution is 2.27. The van der Waals surface area contributed by atoms with Gasteiger partial charge in [-0.25, -0.2) is 13.1 Å². The van der Waals surface area contributed by atoms with Crippen molar-refractivity contribution in [2.45, 2.75) is 23.3 Å². The fourth-order valence-electron chi connectivity index (χ4n) is 2.10. The third-order valence-corrected chi connectivity index (χ3v) is 5.11. The minimum absolute atomic E-state index is 0.00920. The molecule has 0 aromatic heterocycles. The molecular weight excluding hydrogens is 318 g/mol. The van der Waals surface area contributed by atoms with E-state index in [-0.39, 0.29) is 17.2 Å². The number of aliphatic hydroxyl groups is 1. The van der Waals surface area contributed by atoms with Crippen molar-refractivity contribution in [3.05, 3.63) is 23.2 Å². The second kappa shape index (κ2) is 6.50. The van der Waals surface area contributed by atoms with Crippen LogP contribution in [0.2, 0.25) is 5.02 Å². The second-order valence-electron chi connectivity index (χ2n) is 4.96. The Morgan fingerprint density at radius 1 is 1.43 bits per heavy atom. The van der Waals surface area contributed by atoms with Crippen LogP contribution < -0.4 is 9.46 Å². The van der Waals surface area contributed by atoms with Crippen molar-refractivity contribution >= 4 is 21.6 Å². The molecule has 8 heteroatoms. The van der Waals surface area contributed by atoms with Gasteiger partial charge in [-0.2, -0.15) is 0 Å². The molecule has 21 heavy (non-hydrogen) atoms. The molecule has 0 bridgehead atoms. The van der Waals surface area contributed by atoms with Crippen molar-refractivity contribution in [2.75, 3.05) is 26.9 Å². The van der Waals surface area contributed by atoms with E-state index in [0.717, 1.165) is 0 Å². The van der Waals surface area contributed by atoms with Crippen LogP contribution in [0.4, 0.5) is 0 Å². The zero-order valence-electron chi connectivity index (χ0n) is 11.6. The standard InChI is InChI=1S/C13H18ClNO5S/c1-19-11-8-10(14)2-3-12(11)21(17,18)15-9-13(16)4-6-20-7-5-13/h2-3,8,15-16H,4-7,9H2,1H3. The van der Waals surface area contributed by atoms with Gasteiger partial charge in [0.25, 0.3) is 0 Å². The molecule has 2 N–H and O–H groups in total. The predicted octanol–water partition coefficient (Wildman–Crippen LogP) is 1.17. The Hall–Kier alpha value is -0.860. The Morgan fingerprint density at radius 2 is 2.10 bits per heavy atom. The summed E-state index contributed by atoms with van der Waals surface area (Å²) in [7, 11) is -2.42. The van der Waals surface area contributed by atoms with Crippen LogP contribution in [0.5, 0.6) is 5.75 Å². The fourth-order valence-corrected chi connectivity index (χ4v) is 3.53. The Kier molecular flexibility index (Phi) is 5.11. The van der Waals surface area contributed by atoms with Gasteiger partial charge in [0.15, 0.2) is 0 Å². The molecule has 1 heterocycles. The third-order valence-electron chi connectivity index (χ3n) is 3.43. The Bertz CT molecular complexity index is 599. The molecule has 6 nitrogen and oxygen atoms in total. The molecule has 1 aromatic carbocycles. The maximum atomic E-state index is 12.3. The number of halogens is 1. The lowest BCUT2D eigenvalue weighted by Gasteiger charge is -2.32. The lowest BCUT2D eigenvalue weighted by atomic mass is 9.95. The number of hydrogen-bond donors (Lipinski definition) is 2. The first-order chi connectivity index (χ1) is 9.86. The number of nitrogens with one attached hydrogen (secondary N) is 1. The van der Waals surface area contributed by atoms with E-state index in [4.69, 9.17) is 21.1 Å². The van der Waals surface area contributed by atoms with E-state index in [2.05, 4.69) is 4.72 Å². The number of rotatable bonds is 5. The van der Waals surface area contributed by atoms with Crippen molar-refractivity contribution < 1.29 is 23.0 Å². The molecular formula is C13H18ClNO5S. The first kappa shape index (κ1) is 16.5. The monoisotopic (exact) mass is 335 g/mol. The fraction of sp³-hybridized carbons (Fsp3) is 0.538. The molecule has 0 saturated carbocycles. The highest BCUT2D eigenvalue weighted by atomic mass is 35.5. The normalized spacial score (nSPS) is 18.4. The minimum atomic E-state index is -3.79. The lowest BCUT2D eigenvalue weighted by Crippen LogP contribution is -2.46. The second-order valence-corrected chi connectivity index (χ2v) is 7.13. The summed E-state index contributed by atoms with van der Waals surface area (Å²) >= 11 is 5.82. The summed E-state index contributed by atoms with van der Waals surface area (Å²) in [6.45, 7) is 0.773. The van der Waals surface area contributed by atoms with Gasteiger partial charge in [0, 0.05) is 43.7 Å². The van der Waals surface area contributed by atoms with Crippen LogP contribution in [0.15, 0.2) is 23.1 Å². The molecule has 0 radical (unpaired) electrons. The molecule has 0 atom stereocenters. The highest BCUT2D eigenvalue weighted by molar-refractivity contribution is 7.89. The van der Waals surface area contributed by atoms with E-state index in [0.29, 0.717) is 31.1 Å². The van der Waals surface area contributed by atoms with Gasteiger partial charge in [0.2, 0.25) is 10.0 Å². The number of methoxy groups -OCH3 is 1. The first-order valence-electron chi connectivity index (χ1n) is 6.50. The minimum Gasteiger partial charge on any atom is -0.495 e. The maximum absolute atomic E-state index is 12.3. The Balaban J connectivity index is 2.15. The topological polar surface area (TPSA) is 84.9 Å². The highest BCUT2D eigenvalue weighted by Gasteiger charge is 2.32. The molecule has 0 amide bonds. The maximum Gasteiger partial charge on any atom is 0.244 e. The van der Waals surface area contributed by atoms with Gasteiger partial charge >= 0.3 is 0 Å². The van der Waals surface area contributed by atoms with Gasteiger partial charge in [-0.15, -0.1) is 0 Å². The van der Waals surface area contributed by atoms with Crippen LogP contribution in [0.25, 0.3) is 0 Å². The first-order valence-corrected chi connectivity index (χ1v) is 8.36. The van der Waals surface area contributed by atoms with Crippen LogP contribution in [0.1, 0.15) is 12.8 Å². The predicted molar refractivity (Wildman–Crippen MR) is 78.2 cm³/mol. The van der Waals surface area contributed by atoms with Gasteiger partial charge in [-0.3, -0.25) is 0 Å². The summed E-state index contributed by atoms with van der Waals surface area (Å²) in [6.07, 6.45) is 0.792. The van der Waals surface area contributed by atoms with Gasteiger partial charge in [0.05, 0.1) is 12.7 Å². The Labute approximate surface area is 129 Å². The number of benzene rings is 1. The largest absolute Gasteiger partial charge is 0.495 e. The van der Waals surface area contributed by atoms with Crippen molar-refractivity contribution in [3.63, 3.8) is 0 Å². The average Bonchev–Trinajstić information content (AvgIpc) is 2.46. The van der Waals surface area contributed by atoms with Crippen LogP contribution in [0, 0.1) is 0 Å². The number of hydrogen-bond acceptors (Lipinski definition) is 5. The third kappa shape index (κ3) is 4.08. The van der Waals surface area contributed by atoms with E-state index < -0.39 is 15.6 Å². The van der Waals surface area contributed by atoms with Gasteiger partial charge in [-0.05, 0) is 12.1 Å². The molecule has 1 saturated heterocycles. The zero-order valence-corrected chi connectivity index (χ0v) is 13.2. The van der Waals surface area contributed by atoms with Crippen molar-refractivity contribution in [2.24, 2.45) is 0 Å². The average molecular weight is 336 g/mol. The number of sulfonamides is 1. The summed E-state index contributed by atoms with van der Waals surface area (Å²) in [6, 6.07) is 4.28. The molecule has 0 aliphatic carbocycles. The molecule has 1 aliphatic rings. The van der Waals surface area contributed by atoms with Gasteiger partial charge in [0.1, 0.15) is 10.6 Å². The van der Waals surface area contributed by atoms with E-state index in [1.165, 1.54) is 25.3 Å². The molecule has 0 unspecified atom stereocenters. The van der Waals surface area contributed by atoms with Gasteiger partial charge < -0.3 is 14.6 Å². The zero-order chi connectivity index (χ0) is 15.5. The smallest absolute Gasteiger partial charge is 0.244 e. The summed E-state index contributed by atoms with van der Waals surface area (Å²) < 4.78 is 37.3. The molecule has 2 rings (SSSR count). The van der Waals surface area contributed by atoms with Crippen LogP contribution >= 0.6 is 11.6 Å².